The zero-order valence-corrected chi connectivity index (χ0v) is 12.5. The van der Waals surface area contributed by atoms with Crippen LogP contribution in [0.3, 0.4) is 0 Å². The Morgan fingerprint density at radius 2 is 2.15 bits per heavy atom. The van der Waals surface area contributed by atoms with Gasteiger partial charge in [-0.25, -0.2) is 14.6 Å². The van der Waals surface area contributed by atoms with Crippen molar-refractivity contribution in [2.45, 2.75) is 13.0 Å². The van der Waals surface area contributed by atoms with E-state index in [1.807, 2.05) is 0 Å². The standard InChI is InChI=1S/C11H15N3O4S2/c1-7(9-13-8(6-19-9)10(15)16)12-11(17)14-2-4-20(18)5-3-14/h6-7H,2-5H2,1H3,(H,12,17)(H,15,16). The molecule has 0 spiro atoms. The van der Waals surface area contributed by atoms with Gasteiger partial charge in [0.25, 0.3) is 0 Å². The Morgan fingerprint density at radius 1 is 1.50 bits per heavy atom. The van der Waals surface area contributed by atoms with Gasteiger partial charge in [-0.2, -0.15) is 0 Å². The number of carbonyl (C=O) groups excluding carboxylic acids is 1. The molecule has 0 aromatic carbocycles. The molecule has 2 amide bonds. The summed E-state index contributed by atoms with van der Waals surface area (Å²) in [5.74, 6) is -0.0747. The fourth-order valence-corrected chi connectivity index (χ4v) is 3.62. The predicted octanol–water partition coefficient (Wildman–Crippen LogP) is 0.676. The molecule has 2 rings (SSSR count). The number of thiazole rings is 1. The van der Waals surface area contributed by atoms with Crippen molar-refractivity contribution in [3.8, 4) is 0 Å². The molecule has 1 saturated heterocycles. The fourth-order valence-electron chi connectivity index (χ4n) is 1.76. The minimum absolute atomic E-state index is 0.0144. The monoisotopic (exact) mass is 317 g/mol. The summed E-state index contributed by atoms with van der Waals surface area (Å²) >= 11 is 1.20. The lowest BCUT2D eigenvalue weighted by atomic mass is 10.3. The summed E-state index contributed by atoms with van der Waals surface area (Å²) in [7, 11) is -0.825. The highest BCUT2D eigenvalue weighted by atomic mass is 32.2. The van der Waals surface area contributed by atoms with Crippen molar-refractivity contribution in [2.75, 3.05) is 24.6 Å². The quantitative estimate of drug-likeness (QED) is 0.854. The van der Waals surface area contributed by atoms with E-state index in [-0.39, 0.29) is 17.8 Å². The van der Waals surface area contributed by atoms with Crippen LogP contribution in [0.5, 0.6) is 0 Å². The normalized spacial score (nSPS) is 17.8. The van der Waals surface area contributed by atoms with Crippen molar-refractivity contribution in [2.24, 2.45) is 0 Å². The van der Waals surface area contributed by atoms with Crippen molar-refractivity contribution in [3.05, 3.63) is 16.1 Å². The van der Waals surface area contributed by atoms with Gasteiger partial charge in [0.2, 0.25) is 0 Å². The first-order valence-corrected chi connectivity index (χ1v) is 8.43. The Hall–Kier alpha value is -1.48. The van der Waals surface area contributed by atoms with Crippen LogP contribution in [-0.4, -0.2) is 55.8 Å². The van der Waals surface area contributed by atoms with E-state index >= 15 is 0 Å². The second-order valence-corrected chi connectivity index (χ2v) is 6.97. The molecule has 2 heterocycles. The average molecular weight is 317 g/mol. The molecule has 1 fully saturated rings. The van der Waals surface area contributed by atoms with Crippen molar-refractivity contribution in [3.63, 3.8) is 0 Å². The number of rotatable bonds is 3. The zero-order chi connectivity index (χ0) is 14.7. The molecule has 1 unspecified atom stereocenters. The number of carboxylic acid groups (broad SMARTS) is 1. The van der Waals surface area contributed by atoms with Crippen LogP contribution in [0.25, 0.3) is 0 Å². The van der Waals surface area contributed by atoms with E-state index in [2.05, 4.69) is 10.3 Å². The minimum Gasteiger partial charge on any atom is -0.476 e. The first kappa shape index (κ1) is 14.9. The second-order valence-electron chi connectivity index (χ2n) is 4.38. The van der Waals surface area contributed by atoms with Gasteiger partial charge in [-0.05, 0) is 6.92 Å². The van der Waals surface area contributed by atoms with Crippen LogP contribution >= 0.6 is 11.3 Å². The molecule has 9 heteroatoms. The summed E-state index contributed by atoms with van der Waals surface area (Å²) in [6.45, 7) is 2.71. The van der Waals surface area contributed by atoms with Gasteiger partial charge in [0.05, 0.1) is 6.04 Å². The summed E-state index contributed by atoms with van der Waals surface area (Å²) in [6.07, 6.45) is 0. The largest absolute Gasteiger partial charge is 0.476 e. The third-order valence-electron chi connectivity index (χ3n) is 2.92. The van der Waals surface area contributed by atoms with Gasteiger partial charge in [0.1, 0.15) is 5.01 Å². The van der Waals surface area contributed by atoms with Crippen LogP contribution in [0.4, 0.5) is 4.79 Å². The number of nitrogens with zero attached hydrogens (tertiary/aromatic N) is 2. The van der Waals surface area contributed by atoms with Crippen LogP contribution < -0.4 is 5.32 Å². The lowest BCUT2D eigenvalue weighted by Gasteiger charge is -2.27. The molecular weight excluding hydrogens is 302 g/mol. The Bertz CT molecular complexity index is 536. The van der Waals surface area contributed by atoms with Crippen LogP contribution in [0, 0.1) is 0 Å². The molecule has 0 saturated carbocycles. The number of hydrogen-bond acceptors (Lipinski definition) is 5. The molecule has 1 aromatic rings. The number of amides is 2. The predicted molar refractivity (Wildman–Crippen MR) is 75.5 cm³/mol. The molecule has 0 aliphatic carbocycles. The summed E-state index contributed by atoms with van der Waals surface area (Å²) in [4.78, 5) is 28.3. The second kappa shape index (κ2) is 6.31. The van der Waals surface area contributed by atoms with Gasteiger partial charge < -0.3 is 15.3 Å². The molecule has 7 nitrogen and oxygen atoms in total. The maximum absolute atomic E-state index is 12.0. The number of hydrogen-bond donors (Lipinski definition) is 2. The van der Waals surface area contributed by atoms with Gasteiger partial charge in [0.15, 0.2) is 5.69 Å². The van der Waals surface area contributed by atoms with E-state index in [0.717, 1.165) is 0 Å². The van der Waals surface area contributed by atoms with Crippen molar-refractivity contribution >= 4 is 34.1 Å². The topological polar surface area (TPSA) is 99.6 Å². The molecule has 110 valence electrons. The molecule has 1 aliphatic rings. The maximum Gasteiger partial charge on any atom is 0.355 e. The van der Waals surface area contributed by atoms with Crippen molar-refractivity contribution < 1.29 is 18.9 Å². The van der Waals surface area contributed by atoms with Gasteiger partial charge in [0, 0.05) is 40.8 Å². The highest BCUT2D eigenvalue weighted by molar-refractivity contribution is 7.85. The fraction of sp³-hybridized carbons (Fsp3) is 0.545. The third kappa shape index (κ3) is 3.54. The summed E-state index contributed by atoms with van der Waals surface area (Å²) < 4.78 is 11.2. The summed E-state index contributed by atoms with van der Waals surface area (Å²) in [5.41, 5.74) is -0.0144. The molecular formula is C11H15N3O4S2. The average Bonchev–Trinajstić information content (AvgIpc) is 2.89. The Balaban J connectivity index is 1.93. The first-order valence-electron chi connectivity index (χ1n) is 6.06. The molecule has 2 N–H and O–H groups in total. The number of carboxylic acids is 1. The van der Waals surface area contributed by atoms with Gasteiger partial charge in [-0.15, -0.1) is 11.3 Å². The molecule has 0 bridgehead atoms. The zero-order valence-electron chi connectivity index (χ0n) is 10.9. The summed E-state index contributed by atoms with van der Waals surface area (Å²) in [6, 6.07) is -0.589. The first-order chi connectivity index (χ1) is 9.47. The SMILES string of the molecule is CC(NC(=O)N1CCS(=O)CC1)c1nc(C(=O)O)cs1. The highest BCUT2D eigenvalue weighted by Gasteiger charge is 2.22. The van der Waals surface area contributed by atoms with E-state index < -0.39 is 16.8 Å². The Labute approximate surface area is 122 Å². The van der Waals surface area contributed by atoms with E-state index in [1.54, 1.807) is 11.8 Å². The van der Waals surface area contributed by atoms with E-state index in [4.69, 9.17) is 5.11 Å². The minimum atomic E-state index is -1.08. The maximum atomic E-state index is 12.0. The Kier molecular flexibility index (Phi) is 4.71. The van der Waals surface area contributed by atoms with E-state index in [9.17, 15) is 13.8 Å². The smallest absolute Gasteiger partial charge is 0.355 e. The Morgan fingerprint density at radius 3 is 2.70 bits per heavy atom. The molecule has 20 heavy (non-hydrogen) atoms. The third-order valence-corrected chi connectivity index (χ3v) is 5.22. The van der Waals surface area contributed by atoms with Crippen LogP contribution in [-0.2, 0) is 10.8 Å². The van der Waals surface area contributed by atoms with Crippen molar-refractivity contribution in [1.82, 2.24) is 15.2 Å². The van der Waals surface area contributed by atoms with Gasteiger partial charge in [-0.1, -0.05) is 0 Å². The van der Waals surface area contributed by atoms with Crippen molar-refractivity contribution in [1.29, 1.82) is 0 Å². The number of urea groups is 1. The lowest BCUT2D eigenvalue weighted by molar-refractivity contribution is 0.0691. The molecule has 1 aromatic heterocycles. The molecule has 1 aliphatic heterocycles. The van der Waals surface area contributed by atoms with Crippen LogP contribution in [0.2, 0.25) is 0 Å². The van der Waals surface area contributed by atoms with Gasteiger partial charge in [-0.3, -0.25) is 4.21 Å². The number of aromatic nitrogens is 1. The van der Waals surface area contributed by atoms with Gasteiger partial charge >= 0.3 is 12.0 Å². The highest BCUT2D eigenvalue weighted by Crippen LogP contribution is 2.18. The van der Waals surface area contributed by atoms with E-state index in [0.29, 0.717) is 29.6 Å². The lowest BCUT2D eigenvalue weighted by Crippen LogP contribution is -2.47. The summed E-state index contributed by atoms with van der Waals surface area (Å²) in [5, 5.41) is 13.6. The number of nitrogens with one attached hydrogen (secondary N) is 1. The van der Waals surface area contributed by atoms with E-state index in [1.165, 1.54) is 16.7 Å². The number of aromatic carboxylic acids is 1. The molecule has 0 radical (unpaired) electrons. The molecule has 1 atom stereocenters. The number of carbonyl (C=O) groups is 2. The van der Waals surface area contributed by atoms with Crippen LogP contribution in [0.15, 0.2) is 5.38 Å². The van der Waals surface area contributed by atoms with Crippen LogP contribution in [0.1, 0.15) is 28.5 Å².